The predicted molar refractivity (Wildman–Crippen MR) is 112 cm³/mol. The molecular weight excluding hydrogens is 372 g/mol. The van der Waals surface area contributed by atoms with Gasteiger partial charge in [-0.05, 0) is 37.0 Å². The molecule has 148 valence electrons. The van der Waals surface area contributed by atoms with Gasteiger partial charge in [0, 0.05) is 23.5 Å². The number of likely N-dealkylation sites (tertiary alicyclic amines) is 1. The summed E-state index contributed by atoms with van der Waals surface area (Å²) < 4.78 is 0. The summed E-state index contributed by atoms with van der Waals surface area (Å²) >= 11 is 1.51. The first-order valence-corrected chi connectivity index (χ1v) is 10.5. The van der Waals surface area contributed by atoms with Crippen molar-refractivity contribution in [2.24, 2.45) is 0 Å². The quantitative estimate of drug-likeness (QED) is 0.438. The normalized spacial score (nSPS) is 19.0. The predicted octanol–water partition coefficient (Wildman–Crippen LogP) is 3.82. The number of Topliss-reactive ketones (excluding diaryl/α,β-unsaturated/α-hetero) is 1. The molecule has 1 unspecified atom stereocenters. The molecule has 1 aliphatic heterocycles. The standard InChI is InChI=1S/C22H26N2O3S/c1-4-23(5-2)12-13-24-18(21-15(3)11-14-28-21)17(20(26)22(24)27)19(25)16-9-7-6-8-10-16/h6-11,14,18,25H,4-5,12-13H2,1-3H3/b19-17-. The molecule has 0 spiro atoms. The van der Waals surface area contributed by atoms with Gasteiger partial charge in [0.2, 0.25) is 0 Å². The Labute approximate surface area is 169 Å². The molecule has 28 heavy (non-hydrogen) atoms. The number of carbonyl (C=O) groups excluding carboxylic acids is 2. The van der Waals surface area contributed by atoms with Gasteiger partial charge < -0.3 is 14.9 Å². The highest BCUT2D eigenvalue weighted by Gasteiger charge is 2.46. The molecule has 1 saturated heterocycles. The Morgan fingerprint density at radius 3 is 2.39 bits per heavy atom. The number of aliphatic hydroxyl groups excluding tert-OH is 1. The number of aryl methyl sites for hydroxylation is 1. The summed E-state index contributed by atoms with van der Waals surface area (Å²) in [6.07, 6.45) is 0. The Hall–Kier alpha value is -2.44. The number of nitrogens with zero attached hydrogens (tertiary/aromatic N) is 2. The Morgan fingerprint density at radius 2 is 1.82 bits per heavy atom. The molecule has 1 fully saturated rings. The zero-order chi connectivity index (χ0) is 20.3. The summed E-state index contributed by atoms with van der Waals surface area (Å²) in [6, 6.07) is 10.4. The largest absolute Gasteiger partial charge is 0.507 e. The number of benzene rings is 1. The van der Waals surface area contributed by atoms with Gasteiger partial charge in [-0.25, -0.2) is 0 Å². The maximum absolute atomic E-state index is 12.9. The molecule has 1 amide bonds. The van der Waals surface area contributed by atoms with Gasteiger partial charge in [-0.15, -0.1) is 11.3 Å². The molecule has 0 bridgehead atoms. The van der Waals surface area contributed by atoms with Gasteiger partial charge in [-0.3, -0.25) is 9.59 Å². The fraction of sp³-hybridized carbons (Fsp3) is 0.364. The van der Waals surface area contributed by atoms with Crippen LogP contribution in [0.15, 0.2) is 47.4 Å². The fourth-order valence-corrected chi connectivity index (χ4v) is 4.64. The lowest BCUT2D eigenvalue weighted by atomic mass is 9.98. The molecule has 1 atom stereocenters. The smallest absolute Gasteiger partial charge is 0.295 e. The summed E-state index contributed by atoms with van der Waals surface area (Å²) in [4.78, 5) is 30.6. The van der Waals surface area contributed by atoms with Crippen molar-refractivity contribution in [3.8, 4) is 0 Å². The van der Waals surface area contributed by atoms with E-state index in [1.165, 1.54) is 11.3 Å². The van der Waals surface area contributed by atoms with Gasteiger partial charge in [0.15, 0.2) is 0 Å². The van der Waals surface area contributed by atoms with Crippen molar-refractivity contribution in [1.82, 2.24) is 9.80 Å². The van der Waals surface area contributed by atoms with Crippen LogP contribution in [0.3, 0.4) is 0 Å². The van der Waals surface area contributed by atoms with E-state index >= 15 is 0 Å². The van der Waals surface area contributed by atoms with E-state index in [9.17, 15) is 14.7 Å². The zero-order valence-corrected chi connectivity index (χ0v) is 17.3. The van der Waals surface area contributed by atoms with Crippen LogP contribution in [0.2, 0.25) is 0 Å². The third kappa shape index (κ3) is 3.75. The number of amides is 1. The van der Waals surface area contributed by atoms with Crippen LogP contribution in [0.4, 0.5) is 0 Å². The molecule has 3 rings (SSSR count). The minimum absolute atomic E-state index is 0.109. The maximum atomic E-state index is 12.9. The molecule has 0 saturated carbocycles. The molecule has 2 aromatic rings. The van der Waals surface area contributed by atoms with Crippen LogP contribution < -0.4 is 0 Å². The van der Waals surface area contributed by atoms with Crippen molar-refractivity contribution in [3.63, 3.8) is 0 Å². The summed E-state index contributed by atoms with van der Waals surface area (Å²) in [5, 5.41) is 12.9. The number of rotatable bonds is 7. The minimum atomic E-state index is -0.612. The lowest BCUT2D eigenvalue weighted by Gasteiger charge is -2.27. The minimum Gasteiger partial charge on any atom is -0.507 e. The second-order valence-electron chi connectivity index (χ2n) is 6.85. The number of likely N-dealkylation sites (N-methyl/N-ethyl adjacent to an activating group) is 1. The number of ketones is 1. The number of thiophene rings is 1. The van der Waals surface area contributed by atoms with Crippen molar-refractivity contribution < 1.29 is 14.7 Å². The van der Waals surface area contributed by atoms with Crippen LogP contribution in [-0.4, -0.2) is 52.8 Å². The highest BCUT2D eigenvalue weighted by molar-refractivity contribution is 7.10. The molecule has 0 aliphatic carbocycles. The summed E-state index contributed by atoms with van der Waals surface area (Å²) in [7, 11) is 0. The average molecular weight is 399 g/mol. The topological polar surface area (TPSA) is 60.9 Å². The van der Waals surface area contributed by atoms with E-state index in [2.05, 4.69) is 18.7 Å². The van der Waals surface area contributed by atoms with Crippen LogP contribution in [0.25, 0.3) is 5.76 Å². The summed E-state index contributed by atoms with van der Waals surface area (Å²) in [5.74, 6) is -1.26. The van der Waals surface area contributed by atoms with Crippen molar-refractivity contribution in [3.05, 3.63) is 63.4 Å². The maximum Gasteiger partial charge on any atom is 0.295 e. The van der Waals surface area contributed by atoms with Crippen molar-refractivity contribution in [2.75, 3.05) is 26.2 Å². The van der Waals surface area contributed by atoms with Gasteiger partial charge in [-0.2, -0.15) is 0 Å². The third-order valence-electron chi connectivity index (χ3n) is 5.29. The van der Waals surface area contributed by atoms with E-state index in [0.717, 1.165) is 23.5 Å². The van der Waals surface area contributed by atoms with E-state index in [1.54, 1.807) is 29.2 Å². The number of carbonyl (C=O) groups is 2. The lowest BCUT2D eigenvalue weighted by molar-refractivity contribution is -0.140. The molecule has 1 N–H and O–H groups in total. The molecule has 5 nitrogen and oxygen atoms in total. The Morgan fingerprint density at radius 1 is 1.14 bits per heavy atom. The van der Waals surface area contributed by atoms with Crippen molar-refractivity contribution >= 4 is 28.8 Å². The molecule has 1 aliphatic rings. The third-order valence-corrected chi connectivity index (χ3v) is 6.36. The first kappa shape index (κ1) is 20.3. The highest BCUT2D eigenvalue weighted by atomic mass is 32.1. The van der Waals surface area contributed by atoms with E-state index in [1.807, 2.05) is 24.4 Å². The monoisotopic (exact) mass is 398 g/mol. The molecule has 0 radical (unpaired) electrons. The molecule has 2 heterocycles. The first-order valence-electron chi connectivity index (χ1n) is 9.59. The summed E-state index contributed by atoms with van der Waals surface area (Å²) in [6.45, 7) is 9.02. The second-order valence-corrected chi connectivity index (χ2v) is 7.80. The van der Waals surface area contributed by atoms with Gasteiger partial charge in [-0.1, -0.05) is 44.2 Å². The fourth-order valence-electron chi connectivity index (χ4n) is 3.59. The number of aliphatic hydroxyl groups is 1. The number of hydrogen-bond donors (Lipinski definition) is 1. The summed E-state index contributed by atoms with van der Waals surface area (Å²) in [5.41, 5.74) is 1.74. The van der Waals surface area contributed by atoms with Crippen LogP contribution in [0.1, 0.15) is 35.9 Å². The van der Waals surface area contributed by atoms with Gasteiger partial charge >= 0.3 is 0 Å². The highest BCUT2D eigenvalue weighted by Crippen LogP contribution is 2.42. The molecule has 1 aromatic carbocycles. The van der Waals surface area contributed by atoms with Crippen LogP contribution >= 0.6 is 11.3 Å². The SMILES string of the molecule is CCN(CC)CCN1C(=O)C(=O)/C(=C(\O)c2ccccc2)C1c1sccc1C. The van der Waals surface area contributed by atoms with Crippen LogP contribution in [0, 0.1) is 6.92 Å². The van der Waals surface area contributed by atoms with Crippen molar-refractivity contribution in [2.45, 2.75) is 26.8 Å². The first-order chi connectivity index (χ1) is 13.5. The van der Waals surface area contributed by atoms with E-state index in [0.29, 0.717) is 18.7 Å². The van der Waals surface area contributed by atoms with Gasteiger partial charge in [0.1, 0.15) is 5.76 Å². The Bertz CT molecular complexity index is 884. The second kappa shape index (κ2) is 8.71. The molecular formula is C22H26N2O3S. The average Bonchev–Trinajstić information content (AvgIpc) is 3.24. The molecule has 6 heteroatoms. The van der Waals surface area contributed by atoms with Crippen LogP contribution in [-0.2, 0) is 9.59 Å². The molecule has 1 aromatic heterocycles. The zero-order valence-electron chi connectivity index (χ0n) is 16.5. The van der Waals surface area contributed by atoms with E-state index < -0.39 is 17.7 Å². The number of hydrogen-bond acceptors (Lipinski definition) is 5. The van der Waals surface area contributed by atoms with E-state index in [4.69, 9.17) is 0 Å². The Kier molecular flexibility index (Phi) is 6.31. The van der Waals surface area contributed by atoms with Crippen LogP contribution in [0.5, 0.6) is 0 Å². The Balaban J connectivity index is 2.07. The van der Waals surface area contributed by atoms with E-state index in [-0.39, 0.29) is 11.3 Å². The van der Waals surface area contributed by atoms with Gasteiger partial charge in [0.05, 0.1) is 11.6 Å². The van der Waals surface area contributed by atoms with Crippen molar-refractivity contribution in [1.29, 1.82) is 0 Å². The van der Waals surface area contributed by atoms with Gasteiger partial charge in [0.25, 0.3) is 11.7 Å². The lowest BCUT2D eigenvalue weighted by Crippen LogP contribution is -2.37.